The zero-order valence-electron chi connectivity index (χ0n) is 15.0. The number of anilines is 2. The summed E-state index contributed by atoms with van der Waals surface area (Å²) < 4.78 is 5.61. The molecule has 0 aliphatic carbocycles. The highest BCUT2D eigenvalue weighted by Crippen LogP contribution is 2.33. The fourth-order valence-electron chi connectivity index (χ4n) is 3.08. The fraction of sp³-hybridized carbons (Fsp3) is 0.300. The molecule has 0 radical (unpaired) electrons. The van der Waals surface area contributed by atoms with Gasteiger partial charge in [-0.3, -0.25) is 9.59 Å². The Labute approximate surface area is 157 Å². The van der Waals surface area contributed by atoms with Crippen LogP contribution >= 0.6 is 11.6 Å². The third-order valence-electron chi connectivity index (χ3n) is 4.33. The Balaban J connectivity index is 1.71. The number of hydrogen-bond acceptors (Lipinski definition) is 3. The molecule has 0 saturated carbocycles. The van der Waals surface area contributed by atoms with Gasteiger partial charge in [0.15, 0.2) is 6.10 Å². The molecule has 1 aliphatic rings. The van der Waals surface area contributed by atoms with Crippen molar-refractivity contribution in [2.75, 3.05) is 16.8 Å². The first kappa shape index (κ1) is 18.3. The van der Waals surface area contributed by atoms with Gasteiger partial charge in [-0.15, -0.1) is 0 Å². The zero-order chi connectivity index (χ0) is 18.8. The lowest BCUT2D eigenvalue weighted by molar-refractivity contribution is -0.125. The van der Waals surface area contributed by atoms with Gasteiger partial charge >= 0.3 is 0 Å². The van der Waals surface area contributed by atoms with E-state index in [9.17, 15) is 9.59 Å². The quantitative estimate of drug-likeness (QED) is 0.879. The molecule has 0 spiro atoms. The molecule has 3 rings (SSSR count). The average Bonchev–Trinajstić information content (AvgIpc) is 2.58. The van der Waals surface area contributed by atoms with Crippen LogP contribution in [0.5, 0.6) is 5.75 Å². The third kappa shape index (κ3) is 3.68. The van der Waals surface area contributed by atoms with Crippen molar-refractivity contribution >= 4 is 34.8 Å². The van der Waals surface area contributed by atoms with Gasteiger partial charge in [0, 0.05) is 13.0 Å². The van der Waals surface area contributed by atoms with E-state index in [4.69, 9.17) is 16.3 Å². The maximum absolute atomic E-state index is 12.5. The van der Waals surface area contributed by atoms with Crippen LogP contribution in [-0.2, 0) is 9.59 Å². The van der Waals surface area contributed by atoms with Crippen molar-refractivity contribution in [1.29, 1.82) is 0 Å². The van der Waals surface area contributed by atoms with Gasteiger partial charge < -0.3 is 15.0 Å². The van der Waals surface area contributed by atoms with E-state index in [1.54, 1.807) is 11.8 Å². The van der Waals surface area contributed by atoms with E-state index in [1.807, 2.05) is 50.2 Å². The lowest BCUT2D eigenvalue weighted by Crippen LogP contribution is -2.45. The van der Waals surface area contributed by atoms with Crippen molar-refractivity contribution in [1.82, 2.24) is 0 Å². The maximum atomic E-state index is 12.5. The number of aryl methyl sites for hydroxylation is 2. The Morgan fingerprint density at radius 2 is 2.00 bits per heavy atom. The number of ether oxygens (including phenoxy) is 1. The van der Waals surface area contributed by atoms with Crippen molar-refractivity contribution in [2.24, 2.45) is 0 Å². The lowest BCUT2D eigenvalue weighted by Gasteiger charge is -2.32. The van der Waals surface area contributed by atoms with Crippen LogP contribution in [0.15, 0.2) is 36.4 Å². The van der Waals surface area contributed by atoms with Gasteiger partial charge in [-0.25, -0.2) is 0 Å². The molecule has 0 bridgehead atoms. The maximum Gasteiger partial charge on any atom is 0.267 e. The Bertz CT molecular complexity index is 843. The fourth-order valence-corrected chi connectivity index (χ4v) is 3.45. The summed E-state index contributed by atoms with van der Waals surface area (Å²) in [7, 11) is 0. The van der Waals surface area contributed by atoms with E-state index in [-0.39, 0.29) is 24.8 Å². The van der Waals surface area contributed by atoms with Crippen molar-refractivity contribution in [3.63, 3.8) is 0 Å². The minimum Gasteiger partial charge on any atom is -0.479 e. The first-order valence-electron chi connectivity index (χ1n) is 8.50. The van der Waals surface area contributed by atoms with Crippen molar-refractivity contribution < 1.29 is 14.3 Å². The number of hydrogen-bond donors (Lipinski definition) is 1. The summed E-state index contributed by atoms with van der Waals surface area (Å²) in [6.07, 6.45) is -0.405. The smallest absolute Gasteiger partial charge is 0.267 e. The van der Waals surface area contributed by atoms with Gasteiger partial charge in [-0.1, -0.05) is 29.8 Å². The summed E-state index contributed by atoms with van der Waals surface area (Å²) in [5.74, 6) is 0.307. The number of para-hydroxylation sites is 2. The second-order valence-corrected chi connectivity index (χ2v) is 6.86. The normalized spacial score (nSPS) is 16.1. The van der Waals surface area contributed by atoms with E-state index in [0.717, 1.165) is 11.1 Å². The van der Waals surface area contributed by atoms with Crippen molar-refractivity contribution in [3.8, 4) is 5.75 Å². The molecule has 1 heterocycles. The van der Waals surface area contributed by atoms with Crippen LogP contribution in [0.1, 0.15) is 24.5 Å². The number of carbonyl (C=O) groups excluding carboxylic acids is 2. The van der Waals surface area contributed by atoms with Crippen LogP contribution in [0.4, 0.5) is 11.4 Å². The van der Waals surface area contributed by atoms with E-state index >= 15 is 0 Å². The molecule has 26 heavy (non-hydrogen) atoms. The Kier molecular flexibility index (Phi) is 5.18. The second-order valence-electron chi connectivity index (χ2n) is 6.45. The van der Waals surface area contributed by atoms with Crippen molar-refractivity contribution in [3.05, 3.63) is 52.5 Å². The number of nitrogens with one attached hydrogen (secondary N) is 1. The molecule has 136 valence electrons. The number of carbonyl (C=O) groups is 2. The van der Waals surface area contributed by atoms with Crippen LogP contribution < -0.4 is 15.0 Å². The molecule has 1 aliphatic heterocycles. The number of fused-ring (bicyclic) bond motifs is 1. The van der Waals surface area contributed by atoms with Crippen LogP contribution in [0.2, 0.25) is 5.02 Å². The molecule has 2 amide bonds. The van der Waals surface area contributed by atoms with Crippen LogP contribution in [-0.4, -0.2) is 24.5 Å². The summed E-state index contributed by atoms with van der Waals surface area (Å²) in [6, 6.07) is 11.1. The number of rotatable bonds is 4. The molecular weight excluding hydrogens is 352 g/mol. The summed E-state index contributed by atoms with van der Waals surface area (Å²) in [6.45, 7) is 5.84. The van der Waals surface area contributed by atoms with E-state index < -0.39 is 6.10 Å². The highest BCUT2D eigenvalue weighted by Gasteiger charge is 2.31. The van der Waals surface area contributed by atoms with Crippen LogP contribution in [0.25, 0.3) is 0 Å². The van der Waals surface area contributed by atoms with Gasteiger partial charge in [0.05, 0.1) is 16.4 Å². The van der Waals surface area contributed by atoms with E-state index in [2.05, 4.69) is 5.32 Å². The van der Waals surface area contributed by atoms with Crippen LogP contribution in [0, 0.1) is 13.8 Å². The SMILES string of the molecule is Cc1cc(C)c(NC(=O)CCN2C(=O)C(C)Oc3ccccc32)c(Cl)c1. The predicted octanol–water partition coefficient (Wildman–Crippen LogP) is 4.10. The average molecular weight is 373 g/mol. The van der Waals surface area contributed by atoms with Gasteiger partial charge in [-0.2, -0.15) is 0 Å². The van der Waals surface area contributed by atoms with E-state index in [1.165, 1.54) is 0 Å². The first-order valence-corrected chi connectivity index (χ1v) is 8.88. The monoisotopic (exact) mass is 372 g/mol. The Morgan fingerprint density at radius 1 is 1.27 bits per heavy atom. The van der Waals surface area contributed by atoms with Crippen LogP contribution in [0.3, 0.4) is 0 Å². The molecule has 1 N–H and O–H groups in total. The largest absolute Gasteiger partial charge is 0.479 e. The summed E-state index contributed by atoms with van der Waals surface area (Å²) in [5.41, 5.74) is 3.25. The number of nitrogens with zero attached hydrogens (tertiary/aromatic N) is 1. The molecule has 1 unspecified atom stereocenters. The Hall–Kier alpha value is -2.53. The minimum atomic E-state index is -0.568. The molecule has 1 atom stereocenters. The zero-order valence-corrected chi connectivity index (χ0v) is 15.8. The number of halogens is 1. The number of benzene rings is 2. The summed E-state index contributed by atoms with van der Waals surface area (Å²) in [5, 5.41) is 3.37. The molecule has 0 aromatic heterocycles. The molecule has 2 aromatic rings. The molecule has 0 fully saturated rings. The first-order chi connectivity index (χ1) is 12.4. The van der Waals surface area contributed by atoms with Gasteiger partial charge in [0.25, 0.3) is 5.91 Å². The van der Waals surface area contributed by atoms with Gasteiger partial charge in [0.1, 0.15) is 5.75 Å². The topological polar surface area (TPSA) is 58.6 Å². The minimum absolute atomic E-state index is 0.152. The molecule has 2 aromatic carbocycles. The Morgan fingerprint density at radius 3 is 2.73 bits per heavy atom. The summed E-state index contributed by atoms with van der Waals surface area (Å²) >= 11 is 6.24. The lowest BCUT2D eigenvalue weighted by atomic mass is 10.1. The highest BCUT2D eigenvalue weighted by atomic mass is 35.5. The molecule has 5 nitrogen and oxygen atoms in total. The van der Waals surface area contributed by atoms with Crippen molar-refractivity contribution in [2.45, 2.75) is 33.3 Å². The molecule has 6 heteroatoms. The predicted molar refractivity (Wildman–Crippen MR) is 103 cm³/mol. The second kappa shape index (κ2) is 7.38. The van der Waals surface area contributed by atoms with E-state index in [0.29, 0.717) is 22.1 Å². The standard InChI is InChI=1S/C20H21ClN2O3/c1-12-10-13(2)19(15(21)11-12)22-18(24)8-9-23-16-6-4-5-7-17(16)26-14(3)20(23)25/h4-7,10-11,14H,8-9H2,1-3H3,(H,22,24). The highest BCUT2D eigenvalue weighted by molar-refractivity contribution is 6.34. The number of amides is 2. The third-order valence-corrected chi connectivity index (χ3v) is 4.63. The van der Waals surface area contributed by atoms with Gasteiger partial charge in [0.2, 0.25) is 5.91 Å². The summed E-state index contributed by atoms with van der Waals surface area (Å²) in [4.78, 5) is 26.5. The van der Waals surface area contributed by atoms with Gasteiger partial charge in [-0.05, 0) is 50.1 Å². The molecular formula is C20H21ClN2O3. The molecule has 0 saturated heterocycles.